The molecule has 2 fully saturated rings. The van der Waals surface area contributed by atoms with Crippen molar-refractivity contribution in [2.24, 2.45) is 0 Å². The van der Waals surface area contributed by atoms with E-state index in [0.29, 0.717) is 22.2 Å². The minimum Gasteiger partial charge on any atom is -0.373 e. The van der Waals surface area contributed by atoms with Crippen LogP contribution in [0.2, 0.25) is 10.0 Å². The lowest BCUT2D eigenvalue weighted by atomic mass is 9.81. The zero-order valence-corrected chi connectivity index (χ0v) is 17.3. The summed E-state index contributed by atoms with van der Waals surface area (Å²) < 4.78 is 0.913. The third kappa shape index (κ3) is 2.78. The predicted molar refractivity (Wildman–Crippen MR) is 107 cm³/mol. The lowest BCUT2D eigenvalue weighted by Gasteiger charge is -2.30. The molecular formula is C19H15BrCl2N2O3. The Labute approximate surface area is 174 Å². The first kappa shape index (κ1) is 18.7. The van der Waals surface area contributed by atoms with Gasteiger partial charge in [-0.2, -0.15) is 0 Å². The zero-order valence-electron chi connectivity index (χ0n) is 14.2. The van der Waals surface area contributed by atoms with Gasteiger partial charge in [0.1, 0.15) is 11.8 Å². The average Bonchev–Trinajstić information content (AvgIpc) is 2.97. The van der Waals surface area contributed by atoms with E-state index in [9.17, 15) is 14.7 Å². The Kier molecular flexibility index (Phi) is 4.50. The van der Waals surface area contributed by atoms with Crippen LogP contribution in [0.25, 0.3) is 0 Å². The Morgan fingerprint density at radius 1 is 1.11 bits per heavy atom. The summed E-state index contributed by atoms with van der Waals surface area (Å²) in [7, 11) is 0. The molecule has 2 aliphatic heterocycles. The second-order valence-corrected chi connectivity index (χ2v) is 8.68. The van der Waals surface area contributed by atoms with Crippen molar-refractivity contribution in [2.45, 2.75) is 31.0 Å². The molecule has 0 spiro atoms. The molecule has 4 rings (SSSR count). The number of aliphatic hydroxyl groups is 1. The van der Waals surface area contributed by atoms with Crippen LogP contribution >= 0.6 is 39.1 Å². The maximum Gasteiger partial charge on any atom is 0.334 e. The fourth-order valence-electron chi connectivity index (χ4n) is 4.07. The summed E-state index contributed by atoms with van der Waals surface area (Å²) in [5, 5.41) is 11.2. The Balaban J connectivity index is 1.80. The smallest absolute Gasteiger partial charge is 0.334 e. The summed E-state index contributed by atoms with van der Waals surface area (Å²) in [5.74, 6) is -0.744. The zero-order chi connectivity index (χ0) is 19.5. The minimum atomic E-state index is -1.20. The maximum atomic E-state index is 13.4. The van der Waals surface area contributed by atoms with E-state index in [-0.39, 0.29) is 5.92 Å². The van der Waals surface area contributed by atoms with Crippen LogP contribution in [0.5, 0.6) is 0 Å². The van der Waals surface area contributed by atoms with Crippen molar-refractivity contribution < 1.29 is 14.7 Å². The molecule has 27 heavy (non-hydrogen) atoms. The molecule has 2 aromatic rings. The Morgan fingerprint density at radius 3 is 2.30 bits per heavy atom. The third-order valence-corrected chi connectivity index (χ3v) is 6.30. The molecule has 0 bridgehead atoms. The van der Waals surface area contributed by atoms with E-state index in [1.807, 2.05) is 24.3 Å². The molecule has 140 valence electrons. The van der Waals surface area contributed by atoms with E-state index < -0.39 is 23.7 Å². The van der Waals surface area contributed by atoms with Gasteiger partial charge in [-0.3, -0.25) is 9.69 Å². The van der Waals surface area contributed by atoms with Crippen LogP contribution in [0.15, 0.2) is 46.9 Å². The fourth-order valence-corrected chi connectivity index (χ4v) is 4.85. The number of hydrogen-bond acceptors (Lipinski definition) is 3. The first-order valence-electron chi connectivity index (χ1n) is 8.31. The molecule has 5 nitrogen and oxygen atoms in total. The number of anilines is 1. The van der Waals surface area contributed by atoms with Crippen LogP contribution in [0.3, 0.4) is 0 Å². The Morgan fingerprint density at radius 2 is 1.70 bits per heavy atom. The number of urea groups is 1. The molecular weight excluding hydrogens is 455 g/mol. The number of benzene rings is 2. The molecule has 2 saturated heterocycles. The van der Waals surface area contributed by atoms with Crippen LogP contribution in [0, 0.1) is 0 Å². The number of imide groups is 1. The van der Waals surface area contributed by atoms with Gasteiger partial charge in [0.2, 0.25) is 0 Å². The number of amides is 3. The molecule has 3 amide bonds. The van der Waals surface area contributed by atoms with Gasteiger partial charge in [-0.1, -0.05) is 51.3 Å². The molecule has 8 heteroatoms. The summed E-state index contributed by atoms with van der Waals surface area (Å²) in [4.78, 5) is 28.7. The molecule has 1 N–H and O–H groups in total. The van der Waals surface area contributed by atoms with Crippen LogP contribution in [0.1, 0.15) is 24.8 Å². The van der Waals surface area contributed by atoms with Gasteiger partial charge in [-0.15, -0.1) is 0 Å². The fraction of sp³-hybridized carbons (Fsp3) is 0.263. The van der Waals surface area contributed by atoms with Gasteiger partial charge in [0.15, 0.2) is 0 Å². The summed E-state index contributed by atoms with van der Waals surface area (Å²) in [6, 6.07) is 11.5. The van der Waals surface area contributed by atoms with Crippen molar-refractivity contribution in [1.82, 2.24) is 4.90 Å². The molecule has 0 radical (unpaired) electrons. The maximum absolute atomic E-state index is 13.4. The van der Waals surface area contributed by atoms with Crippen LogP contribution in [0.4, 0.5) is 10.5 Å². The highest BCUT2D eigenvalue weighted by Crippen LogP contribution is 2.50. The number of fused-ring (bicyclic) bond motifs is 1. The standard InChI is InChI=1S/C19H15BrCl2N2O3/c1-19-15(10-2-4-11(20)5-3-10)9-16(25)24(19)18(27)23(17(19)26)14-7-12(21)6-13(22)8-14/h2-8,15-16,25H,9H2,1H3/t15-,16+,19-/m1/s1. The van der Waals surface area contributed by atoms with Crippen molar-refractivity contribution in [3.63, 3.8) is 0 Å². The predicted octanol–water partition coefficient (Wildman–Crippen LogP) is 4.79. The van der Waals surface area contributed by atoms with Gasteiger partial charge in [0.05, 0.1) is 5.69 Å². The number of carbonyl (C=O) groups excluding carboxylic acids is 2. The highest BCUT2D eigenvalue weighted by molar-refractivity contribution is 9.10. The molecule has 2 aliphatic rings. The molecule has 2 aromatic carbocycles. The van der Waals surface area contributed by atoms with E-state index in [1.165, 1.54) is 23.1 Å². The van der Waals surface area contributed by atoms with Crippen molar-refractivity contribution >= 4 is 56.8 Å². The largest absolute Gasteiger partial charge is 0.373 e. The minimum absolute atomic E-state index is 0.291. The van der Waals surface area contributed by atoms with Crippen molar-refractivity contribution in [3.05, 3.63) is 62.5 Å². The number of aliphatic hydroxyl groups excluding tert-OH is 1. The summed E-state index contributed by atoms with van der Waals surface area (Å²) >= 11 is 15.5. The first-order chi connectivity index (χ1) is 12.7. The Bertz CT molecular complexity index is 932. The van der Waals surface area contributed by atoms with Gasteiger partial charge < -0.3 is 5.11 Å². The number of carbonyl (C=O) groups is 2. The van der Waals surface area contributed by atoms with E-state index >= 15 is 0 Å². The molecule has 0 aliphatic carbocycles. The number of rotatable bonds is 2. The number of halogens is 3. The van der Waals surface area contributed by atoms with Gasteiger partial charge in [-0.05, 0) is 42.8 Å². The summed E-state index contributed by atoms with van der Waals surface area (Å²) in [6.45, 7) is 1.70. The highest BCUT2D eigenvalue weighted by Gasteiger charge is 2.65. The molecule has 0 aromatic heterocycles. The molecule has 0 saturated carbocycles. The number of nitrogens with zero attached hydrogens (tertiary/aromatic N) is 2. The Hall–Kier alpha value is -1.60. The topological polar surface area (TPSA) is 60.9 Å². The van der Waals surface area contributed by atoms with Gasteiger partial charge in [0.25, 0.3) is 5.91 Å². The SMILES string of the molecule is C[C@@]12C(=O)N(c3cc(Cl)cc(Cl)c3)C(=O)N1[C@@H](O)C[C@@H]2c1ccc(Br)cc1. The number of hydrogen-bond donors (Lipinski definition) is 1. The molecule has 0 unspecified atom stereocenters. The van der Waals surface area contributed by atoms with Gasteiger partial charge in [0, 0.05) is 26.9 Å². The third-order valence-electron chi connectivity index (χ3n) is 5.33. The van der Waals surface area contributed by atoms with E-state index in [0.717, 1.165) is 14.9 Å². The quantitative estimate of drug-likeness (QED) is 0.643. The average molecular weight is 470 g/mol. The van der Waals surface area contributed by atoms with E-state index in [4.69, 9.17) is 23.2 Å². The second-order valence-electron chi connectivity index (χ2n) is 6.89. The second kappa shape index (κ2) is 6.48. The molecule has 2 heterocycles. The van der Waals surface area contributed by atoms with Crippen molar-refractivity contribution in [1.29, 1.82) is 0 Å². The summed E-state index contributed by atoms with van der Waals surface area (Å²) in [6.07, 6.45) is -0.764. The van der Waals surface area contributed by atoms with Crippen LogP contribution in [-0.4, -0.2) is 33.7 Å². The van der Waals surface area contributed by atoms with Crippen LogP contribution < -0.4 is 4.90 Å². The van der Waals surface area contributed by atoms with Crippen molar-refractivity contribution in [3.8, 4) is 0 Å². The lowest BCUT2D eigenvalue weighted by Crippen LogP contribution is -2.47. The summed E-state index contributed by atoms with van der Waals surface area (Å²) in [5.41, 5.74) is -0.0201. The normalized spacial score (nSPS) is 27.4. The lowest BCUT2D eigenvalue weighted by molar-refractivity contribution is -0.125. The van der Waals surface area contributed by atoms with Gasteiger partial charge >= 0.3 is 6.03 Å². The van der Waals surface area contributed by atoms with Crippen LogP contribution in [-0.2, 0) is 4.79 Å². The monoisotopic (exact) mass is 468 g/mol. The van der Waals surface area contributed by atoms with Gasteiger partial charge in [-0.25, -0.2) is 9.69 Å². The molecule has 3 atom stereocenters. The first-order valence-corrected chi connectivity index (χ1v) is 9.86. The van der Waals surface area contributed by atoms with E-state index in [1.54, 1.807) is 6.92 Å². The van der Waals surface area contributed by atoms with E-state index in [2.05, 4.69) is 15.9 Å². The highest BCUT2D eigenvalue weighted by atomic mass is 79.9. The van der Waals surface area contributed by atoms with Crippen molar-refractivity contribution in [2.75, 3.05) is 4.90 Å².